The van der Waals surface area contributed by atoms with Crippen LogP contribution in [0.15, 0.2) is 0 Å². The van der Waals surface area contributed by atoms with Crippen LogP contribution in [-0.2, 0) is 19.1 Å². The zero-order valence-corrected chi connectivity index (χ0v) is 12.5. The lowest BCUT2D eigenvalue weighted by atomic mass is 9.47. The van der Waals surface area contributed by atoms with Crippen molar-refractivity contribution in [3.05, 3.63) is 0 Å². The van der Waals surface area contributed by atoms with Crippen LogP contribution >= 0.6 is 0 Å². The molecule has 2 amide bonds. The largest absolute Gasteiger partial charge is 0.377 e. The van der Waals surface area contributed by atoms with Gasteiger partial charge in [-0.3, -0.25) is 9.59 Å². The second-order valence-electron chi connectivity index (χ2n) is 6.77. The number of ether oxygens (including phenoxy) is 2. The molecule has 3 rings (SSSR count). The number of primary amides is 1. The third-order valence-electron chi connectivity index (χ3n) is 5.53. The Balaban J connectivity index is 1.88. The van der Waals surface area contributed by atoms with E-state index in [1.165, 1.54) is 4.90 Å². The maximum absolute atomic E-state index is 13.1. The van der Waals surface area contributed by atoms with Crippen molar-refractivity contribution in [2.75, 3.05) is 26.4 Å². The molecule has 1 aliphatic carbocycles. The topological polar surface area (TPSA) is 108 Å². The number of morpholine rings is 1. The number of fused-ring (bicyclic) bond motifs is 1. The highest BCUT2D eigenvalue weighted by Crippen LogP contribution is 2.58. The Morgan fingerprint density at radius 2 is 2.00 bits per heavy atom. The van der Waals surface area contributed by atoms with Crippen LogP contribution < -0.4 is 11.5 Å². The van der Waals surface area contributed by atoms with Crippen LogP contribution in [0, 0.1) is 11.3 Å². The van der Waals surface area contributed by atoms with Crippen molar-refractivity contribution in [1.29, 1.82) is 0 Å². The molecule has 118 valence electrons. The van der Waals surface area contributed by atoms with Gasteiger partial charge in [0, 0.05) is 24.5 Å². The summed E-state index contributed by atoms with van der Waals surface area (Å²) in [5.74, 6) is -0.745. The van der Waals surface area contributed by atoms with Crippen LogP contribution in [-0.4, -0.2) is 60.8 Å². The van der Waals surface area contributed by atoms with E-state index < -0.39 is 22.9 Å². The van der Waals surface area contributed by atoms with Gasteiger partial charge in [0.05, 0.1) is 19.3 Å². The van der Waals surface area contributed by atoms with Gasteiger partial charge >= 0.3 is 0 Å². The van der Waals surface area contributed by atoms with Crippen molar-refractivity contribution < 1.29 is 19.1 Å². The summed E-state index contributed by atoms with van der Waals surface area (Å²) in [6, 6.07) is -0.733. The molecule has 0 aromatic rings. The fraction of sp³-hybridized carbons (Fsp3) is 0.857. The predicted octanol–water partition coefficient (Wildman–Crippen LogP) is -1.16. The van der Waals surface area contributed by atoms with Crippen LogP contribution in [0.2, 0.25) is 0 Å². The molecule has 0 aromatic carbocycles. The molecule has 1 saturated carbocycles. The minimum atomic E-state index is -1.00. The molecule has 4 N–H and O–H groups in total. The smallest absolute Gasteiger partial charge is 0.244 e. The molecular weight excluding hydrogens is 274 g/mol. The summed E-state index contributed by atoms with van der Waals surface area (Å²) >= 11 is 0. The number of hydrogen-bond donors (Lipinski definition) is 2. The summed E-state index contributed by atoms with van der Waals surface area (Å²) in [7, 11) is 0. The van der Waals surface area contributed by atoms with Gasteiger partial charge in [-0.1, -0.05) is 13.8 Å². The van der Waals surface area contributed by atoms with Crippen LogP contribution in [0.3, 0.4) is 0 Å². The van der Waals surface area contributed by atoms with Gasteiger partial charge in [0.15, 0.2) is 0 Å². The van der Waals surface area contributed by atoms with Crippen molar-refractivity contribution in [2.24, 2.45) is 22.8 Å². The quantitative estimate of drug-likeness (QED) is 0.668. The predicted molar refractivity (Wildman–Crippen MR) is 74.1 cm³/mol. The standard InChI is InChI=1S/C14H23N3O4/c1-13(2)10-8(3-5-21-10)14(13,16)12(19)17-4-6-20-7-9(17)11(15)18/h8-10H,3-7,16H2,1-2H3,(H2,15,18). The third kappa shape index (κ3) is 1.77. The Morgan fingerprint density at radius 1 is 1.29 bits per heavy atom. The number of nitrogens with zero attached hydrogens (tertiary/aromatic N) is 1. The normalized spacial score (nSPS) is 41.3. The van der Waals surface area contributed by atoms with Crippen LogP contribution in [0.4, 0.5) is 0 Å². The molecule has 2 aliphatic heterocycles. The number of carbonyl (C=O) groups is 2. The van der Waals surface area contributed by atoms with E-state index in [2.05, 4.69) is 0 Å². The molecule has 4 atom stereocenters. The first kappa shape index (κ1) is 14.7. The lowest BCUT2D eigenvalue weighted by Gasteiger charge is -2.62. The molecule has 7 heteroatoms. The van der Waals surface area contributed by atoms with E-state index in [1.54, 1.807) is 0 Å². The van der Waals surface area contributed by atoms with Crippen molar-refractivity contribution in [3.63, 3.8) is 0 Å². The lowest BCUT2D eigenvalue weighted by molar-refractivity contribution is -0.190. The molecule has 21 heavy (non-hydrogen) atoms. The number of nitrogens with two attached hydrogens (primary N) is 2. The second-order valence-corrected chi connectivity index (χ2v) is 6.77. The number of hydrogen-bond acceptors (Lipinski definition) is 5. The first-order valence-corrected chi connectivity index (χ1v) is 7.40. The van der Waals surface area contributed by atoms with E-state index in [9.17, 15) is 9.59 Å². The van der Waals surface area contributed by atoms with Gasteiger partial charge in [-0.15, -0.1) is 0 Å². The number of rotatable bonds is 2. The summed E-state index contributed by atoms with van der Waals surface area (Å²) < 4.78 is 11.0. The van der Waals surface area contributed by atoms with Gasteiger partial charge in [-0.25, -0.2) is 0 Å². The maximum Gasteiger partial charge on any atom is 0.244 e. The molecule has 0 spiro atoms. The van der Waals surface area contributed by atoms with Crippen molar-refractivity contribution in [1.82, 2.24) is 4.90 Å². The molecule has 4 unspecified atom stereocenters. The minimum Gasteiger partial charge on any atom is -0.377 e. The number of carbonyl (C=O) groups excluding carboxylic acids is 2. The molecule has 3 aliphatic rings. The molecule has 0 aromatic heterocycles. The highest BCUT2D eigenvalue weighted by Gasteiger charge is 2.72. The van der Waals surface area contributed by atoms with Crippen LogP contribution in [0.1, 0.15) is 20.3 Å². The molecule has 2 saturated heterocycles. The van der Waals surface area contributed by atoms with Crippen LogP contribution in [0.25, 0.3) is 0 Å². The summed E-state index contributed by atoms with van der Waals surface area (Å²) in [6.07, 6.45) is 0.793. The van der Waals surface area contributed by atoms with Gasteiger partial charge in [-0.2, -0.15) is 0 Å². The highest BCUT2D eigenvalue weighted by molar-refractivity contribution is 5.94. The summed E-state index contributed by atoms with van der Waals surface area (Å²) in [6.45, 7) is 5.43. The van der Waals surface area contributed by atoms with Gasteiger partial charge < -0.3 is 25.8 Å². The Labute approximate surface area is 123 Å². The second kappa shape index (κ2) is 4.66. The average Bonchev–Trinajstić information content (AvgIpc) is 2.94. The van der Waals surface area contributed by atoms with E-state index >= 15 is 0 Å². The Hall–Kier alpha value is -1.18. The highest BCUT2D eigenvalue weighted by atomic mass is 16.5. The first-order chi connectivity index (χ1) is 9.81. The Morgan fingerprint density at radius 3 is 2.67 bits per heavy atom. The summed E-state index contributed by atoms with van der Waals surface area (Å²) in [5, 5.41) is 0. The van der Waals surface area contributed by atoms with E-state index in [0.29, 0.717) is 19.8 Å². The molecular formula is C14H23N3O4. The monoisotopic (exact) mass is 297 g/mol. The summed E-state index contributed by atoms with van der Waals surface area (Å²) in [4.78, 5) is 26.1. The maximum atomic E-state index is 13.1. The molecule has 3 fully saturated rings. The van der Waals surface area contributed by atoms with Gasteiger partial charge in [-0.05, 0) is 6.42 Å². The lowest BCUT2D eigenvalue weighted by Crippen LogP contribution is -2.81. The average molecular weight is 297 g/mol. The van der Waals surface area contributed by atoms with Crippen LogP contribution in [0.5, 0.6) is 0 Å². The van der Waals surface area contributed by atoms with Gasteiger partial charge in [0.1, 0.15) is 11.6 Å². The van der Waals surface area contributed by atoms with Gasteiger partial charge in [0.2, 0.25) is 11.8 Å². The van der Waals surface area contributed by atoms with Crippen molar-refractivity contribution in [2.45, 2.75) is 38.0 Å². The first-order valence-electron chi connectivity index (χ1n) is 7.40. The third-order valence-corrected chi connectivity index (χ3v) is 5.53. The van der Waals surface area contributed by atoms with Crippen molar-refractivity contribution in [3.8, 4) is 0 Å². The minimum absolute atomic E-state index is 0.0105. The number of amides is 2. The van der Waals surface area contributed by atoms with E-state index in [1.807, 2.05) is 13.8 Å². The summed E-state index contributed by atoms with van der Waals surface area (Å²) in [5.41, 5.74) is 10.5. The Kier molecular flexibility index (Phi) is 3.27. The molecule has 0 radical (unpaired) electrons. The molecule has 0 bridgehead atoms. The van der Waals surface area contributed by atoms with E-state index in [-0.39, 0.29) is 24.5 Å². The molecule has 7 nitrogen and oxygen atoms in total. The van der Waals surface area contributed by atoms with E-state index in [0.717, 1.165) is 6.42 Å². The fourth-order valence-electron chi connectivity index (χ4n) is 4.14. The van der Waals surface area contributed by atoms with Gasteiger partial charge in [0.25, 0.3) is 0 Å². The fourth-order valence-corrected chi connectivity index (χ4v) is 4.14. The van der Waals surface area contributed by atoms with Crippen molar-refractivity contribution >= 4 is 11.8 Å². The SMILES string of the molecule is CC1(C)C2OCCC2C1(N)C(=O)N1CCOCC1C(N)=O. The molecule has 2 heterocycles. The Bertz CT molecular complexity index is 481. The van der Waals surface area contributed by atoms with E-state index in [4.69, 9.17) is 20.9 Å². The zero-order chi connectivity index (χ0) is 15.4. The zero-order valence-electron chi connectivity index (χ0n) is 12.5.